The van der Waals surface area contributed by atoms with Crippen LogP contribution in [0.2, 0.25) is 5.02 Å². The number of aromatic nitrogens is 1. The zero-order valence-electron chi connectivity index (χ0n) is 7.03. The standard InChI is InChI=1S/C9H8ClNO2/c1-13-9(12)3-2-7-4-8(10)6-11-5-7/h2-6H,1H3/b3-2+. The van der Waals surface area contributed by atoms with Crippen LogP contribution in [0.25, 0.3) is 6.08 Å². The fourth-order valence-electron chi connectivity index (χ4n) is 0.752. The number of halogens is 1. The third-order valence-electron chi connectivity index (χ3n) is 1.34. The second-order valence-corrected chi connectivity index (χ2v) is 2.73. The molecule has 0 fully saturated rings. The smallest absolute Gasteiger partial charge is 0.330 e. The van der Waals surface area contributed by atoms with Gasteiger partial charge in [-0.25, -0.2) is 4.79 Å². The Morgan fingerprint density at radius 1 is 1.62 bits per heavy atom. The molecule has 0 aliphatic carbocycles. The molecule has 1 rings (SSSR count). The molecule has 0 spiro atoms. The van der Waals surface area contributed by atoms with E-state index in [9.17, 15) is 4.79 Å². The summed E-state index contributed by atoms with van der Waals surface area (Å²) in [4.78, 5) is 14.6. The molecule has 0 unspecified atom stereocenters. The fraction of sp³-hybridized carbons (Fsp3) is 0.111. The normalized spacial score (nSPS) is 10.3. The number of pyridine rings is 1. The molecule has 1 aromatic rings. The molecule has 0 N–H and O–H groups in total. The van der Waals surface area contributed by atoms with Gasteiger partial charge < -0.3 is 4.74 Å². The van der Waals surface area contributed by atoms with E-state index in [0.29, 0.717) is 5.02 Å². The van der Waals surface area contributed by atoms with Crippen LogP contribution in [0.1, 0.15) is 5.56 Å². The van der Waals surface area contributed by atoms with Crippen LogP contribution in [0.4, 0.5) is 0 Å². The van der Waals surface area contributed by atoms with Gasteiger partial charge >= 0.3 is 5.97 Å². The average Bonchev–Trinajstić information content (AvgIpc) is 2.14. The first-order chi connectivity index (χ1) is 6.22. The Kier molecular flexibility index (Phi) is 3.46. The predicted molar refractivity (Wildman–Crippen MR) is 50.3 cm³/mol. The first kappa shape index (κ1) is 9.74. The molecule has 13 heavy (non-hydrogen) atoms. The van der Waals surface area contributed by atoms with Gasteiger partial charge in [-0.1, -0.05) is 11.6 Å². The van der Waals surface area contributed by atoms with Crippen LogP contribution >= 0.6 is 11.6 Å². The molecule has 0 bridgehead atoms. The molecule has 0 amide bonds. The Bertz CT molecular complexity index is 336. The number of carbonyl (C=O) groups excluding carboxylic acids is 1. The summed E-state index contributed by atoms with van der Waals surface area (Å²) in [5.74, 6) is -0.403. The highest BCUT2D eigenvalue weighted by Gasteiger charge is 1.93. The molecule has 0 saturated heterocycles. The van der Waals surface area contributed by atoms with Gasteiger partial charge in [-0.3, -0.25) is 4.98 Å². The third kappa shape index (κ3) is 3.25. The molecule has 0 aromatic carbocycles. The first-order valence-corrected chi connectivity index (χ1v) is 3.97. The monoisotopic (exact) mass is 197 g/mol. The van der Waals surface area contributed by atoms with Crippen LogP contribution in [0.5, 0.6) is 0 Å². The maximum absolute atomic E-state index is 10.7. The van der Waals surface area contributed by atoms with Crippen molar-refractivity contribution in [3.05, 3.63) is 35.1 Å². The van der Waals surface area contributed by atoms with E-state index < -0.39 is 5.97 Å². The summed E-state index contributed by atoms with van der Waals surface area (Å²) in [7, 11) is 1.32. The number of nitrogens with zero attached hydrogens (tertiary/aromatic N) is 1. The highest BCUT2D eigenvalue weighted by molar-refractivity contribution is 6.30. The van der Waals surface area contributed by atoms with Gasteiger partial charge in [0.25, 0.3) is 0 Å². The van der Waals surface area contributed by atoms with E-state index in [2.05, 4.69) is 9.72 Å². The van der Waals surface area contributed by atoms with Crippen molar-refractivity contribution in [1.82, 2.24) is 4.98 Å². The van der Waals surface area contributed by atoms with Crippen molar-refractivity contribution in [1.29, 1.82) is 0 Å². The number of methoxy groups -OCH3 is 1. The van der Waals surface area contributed by atoms with E-state index in [1.165, 1.54) is 19.4 Å². The van der Waals surface area contributed by atoms with E-state index in [-0.39, 0.29) is 0 Å². The Morgan fingerprint density at radius 2 is 2.38 bits per heavy atom. The summed E-state index contributed by atoms with van der Waals surface area (Å²) < 4.78 is 4.42. The summed E-state index contributed by atoms with van der Waals surface area (Å²) >= 11 is 5.68. The molecule has 0 radical (unpaired) electrons. The van der Waals surface area contributed by atoms with Gasteiger partial charge in [0.15, 0.2) is 0 Å². The highest BCUT2D eigenvalue weighted by atomic mass is 35.5. The van der Waals surface area contributed by atoms with Crippen molar-refractivity contribution in [2.24, 2.45) is 0 Å². The van der Waals surface area contributed by atoms with E-state index in [4.69, 9.17) is 11.6 Å². The minimum absolute atomic E-state index is 0.403. The van der Waals surface area contributed by atoms with Crippen molar-refractivity contribution in [2.45, 2.75) is 0 Å². The van der Waals surface area contributed by atoms with Gasteiger partial charge in [-0.2, -0.15) is 0 Å². The summed E-state index contributed by atoms with van der Waals surface area (Å²) in [6.45, 7) is 0. The van der Waals surface area contributed by atoms with Crippen molar-refractivity contribution < 1.29 is 9.53 Å². The molecule has 0 saturated carbocycles. The lowest BCUT2D eigenvalue weighted by atomic mass is 10.2. The highest BCUT2D eigenvalue weighted by Crippen LogP contribution is 2.09. The summed E-state index contributed by atoms with van der Waals surface area (Å²) in [5, 5.41) is 0.534. The molecule has 4 heteroatoms. The molecule has 68 valence electrons. The summed E-state index contributed by atoms with van der Waals surface area (Å²) in [5.41, 5.74) is 0.762. The fourth-order valence-corrected chi connectivity index (χ4v) is 0.934. The van der Waals surface area contributed by atoms with Gasteiger partial charge in [0.2, 0.25) is 0 Å². The Balaban J connectivity index is 2.74. The first-order valence-electron chi connectivity index (χ1n) is 3.59. The number of hydrogen-bond donors (Lipinski definition) is 0. The van der Waals surface area contributed by atoms with Gasteiger partial charge in [-0.05, 0) is 17.7 Å². The van der Waals surface area contributed by atoms with Gasteiger partial charge in [-0.15, -0.1) is 0 Å². The molecule has 0 aliphatic rings. The minimum atomic E-state index is -0.403. The Hall–Kier alpha value is -1.35. The number of esters is 1. The number of ether oxygens (including phenoxy) is 1. The number of rotatable bonds is 2. The Labute approximate surface area is 81.0 Å². The zero-order valence-corrected chi connectivity index (χ0v) is 7.78. The predicted octanol–water partition coefficient (Wildman–Crippen LogP) is 1.92. The lowest BCUT2D eigenvalue weighted by Crippen LogP contribution is -1.93. The average molecular weight is 198 g/mol. The molecule has 1 heterocycles. The van der Waals surface area contributed by atoms with Gasteiger partial charge in [0, 0.05) is 18.5 Å². The molecular formula is C9H8ClNO2. The van der Waals surface area contributed by atoms with Crippen LogP contribution in [-0.4, -0.2) is 18.1 Å². The second kappa shape index (κ2) is 4.62. The van der Waals surface area contributed by atoms with E-state index >= 15 is 0 Å². The van der Waals surface area contributed by atoms with Crippen LogP contribution in [-0.2, 0) is 9.53 Å². The third-order valence-corrected chi connectivity index (χ3v) is 1.55. The molecular weight excluding hydrogens is 190 g/mol. The minimum Gasteiger partial charge on any atom is -0.466 e. The quantitative estimate of drug-likeness (QED) is 0.537. The van der Waals surface area contributed by atoms with Crippen LogP contribution in [0.15, 0.2) is 24.5 Å². The second-order valence-electron chi connectivity index (χ2n) is 2.29. The maximum atomic E-state index is 10.7. The molecule has 1 aromatic heterocycles. The summed E-state index contributed by atoms with van der Waals surface area (Å²) in [6.07, 6.45) is 6.03. The zero-order chi connectivity index (χ0) is 9.68. The Morgan fingerprint density at radius 3 is 3.00 bits per heavy atom. The van der Waals surface area contributed by atoms with Crippen LogP contribution < -0.4 is 0 Å². The van der Waals surface area contributed by atoms with Crippen LogP contribution in [0.3, 0.4) is 0 Å². The molecule has 0 aliphatic heterocycles. The summed E-state index contributed by atoms with van der Waals surface area (Å²) in [6, 6.07) is 1.70. The van der Waals surface area contributed by atoms with Crippen molar-refractivity contribution in [3.63, 3.8) is 0 Å². The largest absolute Gasteiger partial charge is 0.466 e. The van der Waals surface area contributed by atoms with Crippen LogP contribution in [0, 0.1) is 0 Å². The number of hydrogen-bond acceptors (Lipinski definition) is 3. The molecule has 0 atom stereocenters. The van der Waals surface area contributed by atoms with Gasteiger partial charge in [0.05, 0.1) is 12.1 Å². The van der Waals surface area contributed by atoms with E-state index in [1.54, 1.807) is 18.3 Å². The van der Waals surface area contributed by atoms with E-state index in [0.717, 1.165) is 5.56 Å². The lowest BCUT2D eigenvalue weighted by molar-refractivity contribution is -0.134. The molecule has 3 nitrogen and oxygen atoms in total. The van der Waals surface area contributed by atoms with Crippen molar-refractivity contribution in [2.75, 3.05) is 7.11 Å². The SMILES string of the molecule is COC(=O)/C=C/c1cncc(Cl)c1. The number of carbonyl (C=O) groups is 1. The van der Waals surface area contributed by atoms with E-state index in [1.807, 2.05) is 0 Å². The van der Waals surface area contributed by atoms with Crippen molar-refractivity contribution in [3.8, 4) is 0 Å². The lowest BCUT2D eigenvalue weighted by Gasteiger charge is -1.93. The topological polar surface area (TPSA) is 39.2 Å². The van der Waals surface area contributed by atoms with Gasteiger partial charge in [0.1, 0.15) is 0 Å². The maximum Gasteiger partial charge on any atom is 0.330 e. The van der Waals surface area contributed by atoms with Crippen molar-refractivity contribution >= 4 is 23.6 Å².